The Bertz CT molecular complexity index is 1180. The van der Waals surface area contributed by atoms with E-state index in [9.17, 15) is 4.79 Å². The molecule has 0 aliphatic carbocycles. The molecular formula is C22H21ClN3OS+. The van der Waals surface area contributed by atoms with Crippen molar-refractivity contribution in [2.45, 2.75) is 20.0 Å². The molecule has 0 bridgehead atoms. The second kappa shape index (κ2) is 7.87. The minimum absolute atomic E-state index is 0.0881. The van der Waals surface area contributed by atoms with Crippen molar-refractivity contribution in [2.75, 3.05) is 7.05 Å². The van der Waals surface area contributed by atoms with E-state index in [-0.39, 0.29) is 5.56 Å². The molecule has 6 heteroatoms. The summed E-state index contributed by atoms with van der Waals surface area (Å²) in [7, 11) is 2.12. The van der Waals surface area contributed by atoms with Crippen molar-refractivity contribution in [2.24, 2.45) is 0 Å². The van der Waals surface area contributed by atoms with Crippen LogP contribution in [0.3, 0.4) is 0 Å². The second-order valence-electron chi connectivity index (χ2n) is 7.09. The van der Waals surface area contributed by atoms with E-state index in [1.165, 1.54) is 27.4 Å². The van der Waals surface area contributed by atoms with Crippen molar-refractivity contribution >= 4 is 33.2 Å². The zero-order chi connectivity index (χ0) is 19.7. The molecule has 0 spiro atoms. The lowest BCUT2D eigenvalue weighted by molar-refractivity contribution is -0.908. The highest BCUT2D eigenvalue weighted by atomic mass is 35.5. The van der Waals surface area contributed by atoms with Gasteiger partial charge >= 0.3 is 0 Å². The van der Waals surface area contributed by atoms with Gasteiger partial charge in [-0.15, -0.1) is 11.3 Å². The molecule has 0 aliphatic rings. The minimum Gasteiger partial charge on any atom is -0.327 e. The number of aromatic nitrogens is 2. The van der Waals surface area contributed by atoms with Crippen molar-refractivity contribution in [1.29, 1.82) is 0 Å². The fraction of sp³-hybridized carbons (Fsp3) is 0.182. The number of H-pyrrole nitrogens is 1. The zero-order valence-electron chi connectivity index (χ0n) is 15.8. The van der Waals surface area contributed by atoms with Gasteiger partial charge in [-0.25, -0.2) is 4.98 Å². The predicted molar refractivity (Wildman–Crippen MR) is 116 cm³/mol. The number of aryl methyl sites for hydroxylation is 1. The van der Waals surface area contributed by atoms with E-state index in [0.29, 0.717) is 22.8 Å². The molecule has 4 aromatic rings. The molecule has 0 aliphatic heterocycles. The third-order valence-corrected chi connectivity index (χ3v) is 6.00. The van der Waals surface area contributed by atoms with E-state index < -0.39 is 0 Å². The Morgan fingerprint density at radius 1 is 1.11 bits per heavy atom. The van der Waals surface area contributed by atoms with Crippen LogP contribution in [0.25, 0.3) is 21.3 Å². The number of thiophene rings is 1. The van der Waals surface area contributed by atoms with E-state index in [0.717, 1.165) is 22.5 Å². The van der Waals surface area contributed by atoms with Crippen molar-refractivity contribution in [1.82, 2.24) is 9.97 Å². The number of benzene rings is 2. The maximum Gasteiger partial charge on any atom is 0.260 e. The van der Waals surface area contributed by atoms with E-state index in [2.05, 4.69) is 43.2 Å². The van der Waals surface area contributed by atoms with Gasteiger partial charge in [-0.1, -0.05) is 48.0 Å². The van der Waals surface area contributed by atoms with Gasteiger partial charge in [0, 0.05) is 21.5 Å². The molecule has 2 aromatic carbocycles. The van der Waals surface area contributed by atoms with Gasteiger partial charge in [0.25, 0.3) is 5.56 Å². The quantitative estimate of drug-likeness (QED) is 0.525. The molecule has 0 fully saturated rings. The van der Waals surface area contributed by atoms with Crippen LogP contribution in [0.1, 0.15) is 17.0 Å². The number of fused-ring (bicyclic) bond motifs is 1. The Kier molecular flexibility index (Phi) is 5.31. The van der Waals surface area contributed by atoms with E-state index >= 15 is 0 Å². The van der Waals surface area contributed by atoms with E-state index in [1.54, 1.807) is 0 Å². The van der Waals surface area contributed by atoms with Crippen LogP contribution in [-0.2, 0) is 13.1 Å². The highest BCUT2D eigenvalue weighted by molar-refractivity contribution is 7.17. The zero-order valence-corrected chi connectivity index (χ0v) is 17.3. The average molecular weight is 411 g/mol. The maximum absolute atomic E-state index is 12.8. The SMILES string of the molecule is Cc1ccccc1C[NH+](C)Cc1nc2scc(-c3ccc(Cl)cc3)c2c(=O)[nH]1. The summed E-state index contributed by atoms with van der Waals surface area (Å²) >= 11 is 7.48. The van der Waals surface area contributed by atoms with Gasteiger partial charge in [-0.3, -0.25) is 4.79 Å². The van der Waals surface area contributed by atoms with Crippen molar-refractivity contribution in [3.63, 3.8) is 0 Å². The summed E-state index contributed by atoms with van der Waals surface area (Å²) in [6.07, 6.45) is 0. The molecule has 142 valence electrons. The molecule has 1 atom stereocenters. The molecule has 0 amide bonds. The Balaban J connectivity index is 1.61. The highest BCUT2D eigenvalue weighted by Gasteiger charge is 2.15. The van der Waals surface area contributed by atoms with Crippen LogP contribution in [0.5, 0.6) is 0 Å². The summed E-state index contributed by atoms with van der Waals surface area (Å²) < 4.78 is 0. The second-order valence-corrected chi connectivity index (χ2v) is 8.38. The van der Waals surface area contributed by atoms with Crippen LogP contribution in [0, 0.1) is 6.92 Å². The first-order chi connectivity index (χ1) is 13.5. The Labute approximate surface area is 172 Å². The molecule has 28 heavy (non-hydrogen) atoms. The molecule has 4 nitrogen and oxygen atoms in total. The molecule has 0 saturated carbocycles. The van der Waals surface area contributed by atoms with E-state index in [1.807, 2.05) is 29.6 Å². The number of halogens is 1. The summed E-state index contributed by atoms with van der Waals surface area (Å²) in [6, 6.07) is 15.9. The highest BCUT2D eigenvalue weighted by Crippen LogP contribution is 2.31. The first-order valence-electron chi connectivity index (χ1n) is 9.13. The van der Waals surface area contributed by atoms with Gasteiger partial charge < -0.3 is 9.88 Å². The van der Waals surface area contributed by atoms with Gasteiger partial charge in [0.05, 0.1) is 12.4 Å². The molecular weight excluding hydrogens is 390 g/mol. The molecule has 2 aromatic heterocycles. The minimum atomic E-state index is -0.0881. The van der Waals surface area contributed by atoms with E-state index in [4.69, 9.17) is 16.6 Å². The Morgan fingerprint density at radius 3 is 2.61 bits per heavy atom. The normalized spacial score (nSPS) is 12.4. The van der Waals surface area contributed by atoms with Crippen molar-refractivity contribution in [3.8, 4) is 11.1 Å². The van der Waals surface area contributed by atoms with Gasteiger partial charge in [0.15, 0.2) is 5.82 Å². The molecule has 2 heterocycles. The lowest BCUT2D eigenvalue weighted by Gasteiger charge is -2.14. The third kappa shape index (κ3) is 3.87. The third-order valence-electron chi connectivity index (χ3n) is 4.87. The molecule has 1 unspecified atom stereocenters. The summed E-state index contributed by atoms with van der Waals surface area (Å²) in [5.41, 5.74) is 4.37. The standard InChI is InChI=1S/C22H20ClN3OS/c1-14-5-3-4-6-16(14)11-26(2)12-19-24-21(27)20-18(13-28-22(20)25-19)15-7-9-17(23)10-8-15/h3-10,13H,11-12H2,1-2H3,(H,24,25,27)/p+1. The molecule has 4 rings (SSSR count). The summed E-state index contributed by atoms with van der Waals surface area (Å²) in [5.74, 6) is 0.716. The van der Waals surface area contributed by atoms with Crippen LogP contribution in [0.4, 0.5) is 0 Å². The number of hydrogen-bond donors (Lipinski definition) is 2. The number of nitrogens with one attached hydrogen (secondary N) is 2. The number of hydrogen-bond acceptors (Lipinski definition) is 3. The smallest absolute Gasteiger partial charge is 0.260 e. The topological polar surface area (TPSA) is 50.2 Å². The Morgan fingerprint density at radius 2 is 1.86 bits per heavy atom. The van der Waals surface area contributed by atoms with Gasteiger partial charge in [0.2, 0.25) is 0 Å². The van der Waals surface area contributed by atoms with Gasteiger partial charge in [0.1, 0.15) is 17.9 Å². The number of quaternary nitrogens is 1. The summed E-state index contributed by atoms with van der Waals surface area (Å²) in [5, 5.41) is 3.31. The first kappa shape index (κ1) is 18.9. The van der Waals surface area contributed by atoms with Crippen LogP contribution >= 0.6 is 22.9 Å². The van der Waals surface area contributed by atoms with Crippen LogP contribution in [0.15, 0.2) is 58.7 Å². The van der Waals surface area contributed by atoms with Crippen molar-refractivity contribution < 1.29 is 4.90 Å². The largest absolute Gasteiger partial charge is 0.327 e. The molecule has 0 radical (unpaired) electrons. The number of aromatic amines is 1. The maximum atomic E-state index is 12.8. The average Bonchev–Trinajstić information content (AvgIpc) is 3.09. The molecule has 0 saturated heterocycles. The van der Waals surface area contributed by atoms with Gasteiger partial charge in [-0.05, 0) is 30.2 Å². The fourth-order valence-electron chi connectivity index (χ4n) is 3.40. The van der Waals surface area contributed by atoms with Crippen molar-refractivity contribution in [3.05, 3.63) is 86.2 Å². The summed E-state index contributed by atoms with van der Waals surface area (Å²) in [6.45, 7) is 3.67. The van der Waals surface area contributed by atoms with Crippen LogP contribution < -0.4 is 10.5 Å². The van der Waals surface area contributed by atoms with Crippen LogP contribution in [0.2, 0.25) is 5.02 Å². The Hall–Kier alpha value is -2.47. The number of nitrogens with zero attached hydrogens (tertiary/aromatic N) is 1. The van der Waals surface area contributed by atoms with Crippen LogP contribution in [-0.4, -0.2) is 17.0 Å². The summed E-state index contributed by atoms with van der Waals surface area (Å²) in [4.78, 5) is 22.5. The fourth-order valence-corrected chi connectivity index (χ4v) is 4.49. The van der Waals surface area contributed by atoms with Gasteiger partial charge in [-0.2, -0.15) is 0 Å². The predicted octanol–water partition coefficient (Wildman–Crippen LogP) is 3.83. The first-order valence-corrected chi connectivity index (χ1v) is 10.4. The lowest BCUT2D eigenvalue weighted by atomic mass is 10.1. The number of rotatable bonds is 5. The lowest BCUT2D eigenvalue weighted by Crippen LogP contribution is -3.06. The monoisotopic (exact) mass is 410 g/mol. The molecule has 2 N–H and O–H groups in total.